The van der Waals surface area contributed by atoms with Crippen molar-refractivity contribution < 1.29 is 4.43 Å². The number of hydrogen-bond acceptors (Lipinski definition) is 2. The van der Waals surface area contributed by atoms with E-state index >= 15 is 0 Å². The maximum absolute atomic E-state index is 6.27. The Morgan fingerprint density at radius 3 is 1.76 bits per heavy atom. The summed E-state index contributed by atoms with van der Waals surface area (Å²) in [4.78, 5) is 0. The number of nitrogens with one attached hydrogen (secondary N) is 1. The van der Waals surface area contributed by atoms with Gasteiger partial charge in [-0.25, -0.2) is 0 Å². The van der Waals surface area contributed by atoms with Crippen molar-refractivity contribution in [3.8, 4) is 0 Å². The first-order chi connectivity index (χ1) is 11.7. The molecule has 0 saturated heterocycles. The molecule has 0 radical (unpaired) electrons. The van der Waals surface area contributed by atoms with Gasteiger partial charge in [0, 0.05) is 18.0 Å². The van der Waals surface area contributed by atoms with Crippen LogP contribution in [-0.2, 0) is 17.3 Å². The summed E-state index contributed by atoms with van der Waals surface area (Å²) in [6, 6.07) is 17.3. The van der Waals surface area contributed by atoms with Crippen molar-refractivity contribution >= 4 is 19.7 Å². The van der Waals surface area contributed by atoms with Gasteiger partial charge in [0.2, 0.25) is 0 Å². The van der Waals surface area contributed by atoms with Crippen molar-refractivity contribution in [3.05, 3.63) is 59.7 Å². The maximum Gasteiger partial charge on any atom is 0.191 e. The van der Waals surface area contributed by atoms with Gasteiger partial charge < -0.3 is 9.74 Å². The molecule has 0 unspecified atom stereocenters. The Bertz CT molecular complexity index is 654. The van der Waals surface area contributed by atoms with E-state index in [0.29, 0.717) is 0 Å². The maximum atomic E-state index is 6.27. The van der Waals surface area contributed by atoms with Crippen molar-refractivity contribution in [2.24, 2.45) is 0 Å². The zero-order valence-corrected chi connectivity index (χ0v) is 17.6. The van der Waals surface area contributed by atoms with Crippen LogP contribution in [0.3, 0.4) is 0 Å². The molecule has 0 aliphatic carbocycles. The van der Waals surface area contributed by atoms with Crippen LogP contribution < -0.4 is 5.32 Å². The highest BCUT2D eigenvalue weighted by Gasteiger charge is 2.36. The predicted molar refractivity (Wildman–Crippen MR) is 112 cm³/mol. The molecule has 0 bridgehead atoms. The molecule has 2 nitrogen and oxygen atoms in total. The number of anilines is 2. The van der Waals surface area contributed by atoms with Gasteiger partial charge in [0.25, 0.3) is 0 Å². The summed E-state index contributed by atoms with van der Waals surface area (Å²) < 4.78 is 6.27. The van der Waals surface area contributed by atoms with Crippen LogP contribution in [0.25, 0.3) is 0 Å². The highest BCUT2D eigenvalue weighted by molar-refractivity contribution is 6.74. The normalized spacial score (nSPS) is 12.2. The third-order valence-corrected chi connectivity index (χ3v) is 9.80. The van der Waals surface area contributed by atoms with E-state index in [2.05, 4.69) is 94.6 Å². The van der Waals surface area contributed by atoms with Gasteiger partial charge >= 0.3 is 0 Å². The molecule has 2 rings (SSSR count). The van der Waals surface area contributed by atoms with E-state index in [9.17, 15) is 0 Å². The second-order valence-electron chi connectivity index (χ2n) is 8.23. The van der Waals surface area contributed by atoms with Gasteiger partial charge in [0.05, 0.1) is 0 Å². The fourth-order valence-corrected chi connectivity index (χ4v) is 3.43. The van der Waals surface area contributed by atoms with E-state index in [-0.39, 0.29) is 5.04 Å². The Labute approximate surface area is 154 Å². The highest BCUT2D eigenvalue weighted by atomic mass is 28.4. The van der Waals surface area contributed by atoms with Crippen LogP contribution in [0.1, 0.15) is 38.8 Å². The molecule has 25 heavy (non-hydrogen) atoms. The third kappa shape index (κ3) is 5.72. The fraction of sp³-hybridized carbons (Fsp3) is 0.455. The summed E-state index contributed by atoms with van der Waals surface area (Å²) in [6.45, 7) is 14.5. The second-order valence-corrected chi connectivity index (χ2v) is 13.0. The lowest BCUT2D eigenvalue weighted by molar-refractivity contribution is 0.292. The lowest BCUT2D eigenvalue weighted by atomic mass is 10.1. The van der Waals surface area contributed by atoms with Crippen LogP contribution in [0, 0.1) is 0 Å². The molecule has 136 valence electrons. The Kier molecular flexibility index (Phi) is 6.47. The highest BCUT2D eigenvalue weighted by Crippen LogP contribution is 2.36. The molecule has 0 aliphatic heterocycles. The Balaban J connectivity index is 1.87. The van der Waals surface area contributed by atoms with Crippen LogP contribution in [0.4, 0.5) is 11.4 Å². The zero-order valence-electron chi connectivity index (χ0n) is 16.6. The predicted octanol–water partition coefficient (Wildman–Crippen LogP) is 6.56. The van der Waals surface area contributed by atoms with E-state index in [1.807, 2.05) is 0 Å². The van der Waals surface area contributed by atoms with Crippen LogP contribution in [0.5, 0.6) is 0 Å². The van der Waals surface area contributed by atoms with Crippen molar-refractivity contribution in [1.29, 1.82) is 0 Å². The van der Waals surface area contributed by atoms with Gasteiger partial charge in [0.15, 0.2) is 8.32 Å². The fourth-order valence-electron chi connectivity index (χ4n) is 2.39. The summed E-state index contributed by atoms with van der Waals surface area (Å²) >= 11 is 0. The number of benzene rings is 2. The lowest BCUT2D eigenvalue weighted by Crippen LogP contribution is -2.41. The summed E-state index contributed by atoms with van der Waals surface area (Å²) in [5, 5.41) is 3.73. The average molecular weight is 356 g/mol. The molecule has 2 aromatic rings. The minimum atomic E-state index is -1.64. The topological polar surface area (TPSA) is 21.3 Å². The standard InChI is InChI=1S/C22H33NOSi/c1-7-18-8-12-20(13-9-18)23-21-14-10-19(11-15-21)16-17-24-25(5,6)22(2,3)4/h8-15,23H,7,16-17H2,1-6H3. The van der Waals surface area contributed by atoms with Gasteiger partial charge in [-0.1, -0.05) is 52.0 Å². The lowest BCUT2D eigenvalue weighted by Gasteiger charge is -2.36. The quantitative estimate of drug-likeness (QED) is 0.568. The van der Waals surface area contributed by atoms with E-state index in [0.717, 1.165) is 30.8 Å². The van der Waals surface area contributed by atoms with E-state index < -0.39 is 8.32 Å². The summed E-state index contributed by atoms with van der Waals surface area (Å²) in [5.74, 6) is 0. The molecule has 1 N–H and O–H groups in total. The summed E-state index contributed by atoms with van der Waals surface area (Å²) in [5.41, 5.74) is 4.94. The van der Waals surface area contributed by atoms with Crippen LogP contribution in [-0.4, -0.2) is 14.9 Å². The zero-order chi connectivity index (χ0) is 18.5. The SMILES string of the molecule is CCc1ccc(Nc2ccc(CCO[Si](C)(C)C(C)(C)C)cc2)cc1. The van der Waals surface area contributed by atoms with E-state index in [1.165, 1.54) is 11.1 Å². The first-order valence-electron chi connectivity index (χ1n) is 9.30. The molecule has 2 aromatic carbocycles. The van der Waals surface area contributed by atoms with Crippen LogP contribution in [0.15, 0.2) is 48.5 Å². The van der Waals surface area contributed by atoms with Gasteiger partial charge in [-0.15, -0.1) is 0 Å². The molecule has 0 fully saturated rings. The van der Waals surface area contributed by atoms with Crippen LogP contribution >= 0.6 is 0 Å². The Hall–Kier alpha value is -1.58. The largest absolute Gasteiger partial charge is 0.416 e. The van der Waals surface area contributed by atoms with E-state index in [4.69, 9.17) is 4.43 Å². The molecule has 3 heteroatoms. The minimum absolute atomic E-state index is 0.272. The first-order valence-corrected chi connectivity index (χ1v) is 12.2. The molecule has 0 spiro atoms. The molecule has 0 amide bonds. The number of hydrogen-bond donors (Lipinski definition) is 1. The van der Waals surface area contributed by atoms with Crippen LogP contribution in [0.2, 0.25) is 18.1 Å². The monoisotopic (exact) mass is 355 g/mol. The van der Waals surface area contributed by atoms with Crippen molar-refractivity contribution in [1.82, 2.24) is 0 Å². The minimum Gasteiger partial charge on any atom is -0.416 e. The molecule has 0 heterocycles. The summed E-state index contributed by atoms with van der Waals surface area (Å²) in [6.07, 6.45) is 2.05. The van der Waals surface area contributed by atoms with E-state index in [1.54, 1.807) is 0 Å². The molecule has 0 saturated carbocycles. The first kappa shape index (κ1) is 19.7. The Morgan fingerprint density at radius 2 is 1.32 bits per heavy atom. The van der Waals surface area contributed by atoms with Crippen molar-refractivity contribution in [2.75, 3.05) is 11.9 Å². The van der Waals surface area contributed by atoms with Crippen molar-refractivity contribution in [3.63, 3.8) is 0 Å². The average Bonchev–Trinajstić information content (AvgIpc) is 2.56. The molecular formula is C22H33NOSi. The third-order valence-electron chi connectivity index (χ3n) is 5.26. The molecule has 0 atom stereocenters. The van der Waals surface area contributed by atoms with Gasteiger partial charge in [-0.05, 0) is 66.4 Å². The molecule has 0 aromatic heterocycles. The second kappa shape index (κ2) is 8.20. The number of aryl methyl sites for hydroxylation is 1. The van der Waals surface area contributed by atoms with Gasteiger partial charge in [-0.2, -0.15) is 0 Å². The molecule has 0 aliphatic rings. The summed E-state index contributed by atoms with van der Waals surface area (Å²) in [7, 11) is -1.64. The van der Waals surface area contributed by atoms with Gasteiger partial charge in [0.1, 0.15) is 0 Å². The Morgan fingerprint density at radius 1 is 0.840 bits per heavy atom. The number of rotatable bonds is 7. The van der Waals surface area contributed by atoms with Gasteiger partial charge in [-0.3, -0.25) is 0 Å². The van der Waals surface area contributed by atoms with Crippen molar-refractivity contribution in [2.45, 2.75) is 58.7 Å². The molecular weight excluding hydrogens is 322 g/mol. The smallest absolute Gasteiger partial charge is 0.191 e.